The largest absolute Gasteiger partial charge is 0.338 e. The fourth-order valence-electron chi connectivity index (χ4n) is 3.74. The van der Waals surface area contributed by atoms with Gasteiger partial charge in [0.2, 0.25) is 5.91 Å². The smallest absolute Gasteiger partial charge is 0.316 e. The molecule has 2 N–H and O–H groups in total. The van der Waals surface area contributed by atoms with E-state index in [1.54, 1.807) is 6.20 Å². The molecule has 130 valence electrons. The molecule has 1 aromatic rings. The second kappa shape index (κ2) is 6.11. The maximum Gasteiger partial charge on any atom is 0.316 e. The summed E-state index contributed by atoms with van der Waals surface area (Å²) in [6.45, 7) is 0.764. The third kappa shape index (κ3) is 2.87. The van der Waals surface area contributed by atoms with Crippen LogP contribution in [0, 0.1) is 5.92 Å². The lowest BCUT2D eigenvalue weighted by Crippen LogP contribution is -2.49. The summed E-state index contributed by atoms with van der Waals surface area (Å²) in [5, 5.41) is 5.92. The van der Waals surface area contributed by atoms with E-state index in [0.717, 1.165) is 38.1 Å². The Balaban J connectivity index is 1.36. The molecule has 0 spiro atoms. The molecule has 0 bridgehead atoms. The van der Waals surface area contributed by atoms with E-state index in [9.17, 15) is 9.59 Å². The summed E-state index contributed by atoms with van der Waals surface area (Å²) in [5.74, 6) is 1.40. The maximum absolute atomic E-state index is 12.5. The van der Waals surface area contributed by atoms with Crippen molar-refractivity contribution in [1.29, 1.82) is 0 Å². The second-order valence-corrected chi connectivity index (χ2v) is 7.29. The van der Waals surface area contributed by atoms with E-state index in [0.29, 0.717) is 18.4 Å². The van der Waals surface area contributed by atoms with E-state index < -0.39 is 0 Å². The molecule has 7 nitrogen and oxygen atoms in total. The van der Waals surface area contributed by atoms with Crippen molar-refractivity contribution in [2.45, 2.75) is 56.7 Å². The van der Waals surface area contributed by atoms with Gasteiger partial charge in [-0.15, -0.1) is 0 Å². The molecular formula is C17H25N5O2. The van der Waals surface area contributed by atoms with Crippen molar-refractivity contribution in [3.05, 3.63) is 18.2 Å². The Bertz CT molecular complexity index is 635. The number of carbonyl (C=O) groups is 2. The fourth-order valence-corrected chi connectivity index (χ4v) is 3.74. The number of nitrogens with one attached hydrogen (secondary N) is 2. The zero-order valence-electron chi connectivity index (χ0n) is 14.1. The Morgan fingerprint density at radius 1 is 1.29 bits per heavy atom. The number of amides is 3. The number of carbonyl (C=O) groups excluding carboxylic acids is 2. The molecule has 1 saturated heterocycles. The van der Waals surface area contributed by atoms with Crippen molar-refractivity contribution in [2.75, 3.05) is 6.54 Å². The molecule has 7 heteroatoms. The fraction of sp³-hybridized carbons (Fsp3) is 0.706. The summed E-state index contributed by atoms with van der Waals surface area (Å²) in [6.07, 6.45) is 9.98. The van der Waals surface area contributed by atoms with Gasteiger partial charge in [-0.05, 0) is 44.4 Å². The monoisotopic (exact) mass is 331 g/mol. The summed E-state index contributed by atoms with van der Waals surface area (Å²) < 4.78 is 1.95. The number of rotatable bonds is 5. The number of imidazole rings is 1. The number of likely N-dealkylation sites (tertiary alicyclic amines) is 1. The van der Waals surface area contributed by atoms with Crippen LogP contribution in [-0.2, 0) is 11.8 Å². The molecular weight excluding hydrogens is 306 g/mol. The van der Waals surface area contributed by atoms with Gasteiger partial charge in [0.15, 0.2) is 0 Å². The van der Waals surface area contributed by atoms with Gasteiger partial charge >= 0.3 is 6.03 Å². The lowest BCUT2D eigenvalue weighted by atomic mass is 9.92. The van der Waals surface area contributed by atoms with Gasteiger partial charge < -0.3 is 20.1 Å². The molecule has 2 saturated carbocycles. The SMILES string of the molecule is Cn1ccnc1C(NC(=O)NC1CCN(C2CCC2)C1=O)C1CC1. The van der Waals surface area contributed by atoms with Crippen LogP contribution in [0.3, 0.4) is 0 Å². The van der Waals surface area contributed by atoms with Crippen molar-refractivity contribution >= 4 is 11.9 Å². The van der Waals surface area contributed by atoms with Crippen LogP contribution in [0.25, 0.3) is 0 Å². The first-order valence-corrected chi connectivity index (χ1v) is 8.98. The number of hydrogen-bond donors (Lipinski definition) is 2. The third-order valence-electron chi connectivity index (χ3n) is 5.58. The highest BCUT2D eigenvalue weighted by molar-refractivity contribution is 5.89. The Morgan fingerprint density at radius 3 is 2.67 bits per heavy atom. The minimum absolute atomic E-state index is 0.0785. The highest BCUT2D eigenvalue weighted by Gasteiger charge is 2.40. The normalized spacial score (nSPS) is 25.5. The number of urea groups is 1. The summed E-state index contributed by atoms with van der Waals surface area (Å²) in [4.78, 5) is 31.2. The van der Waals surface area contributed by atoms with Crippen LogP contribution < -0.4 is 10.6 Å². The number of nitrogens with zero attached hydrogens (tertiary/aromatic N) is 3. The molecule has 3 fully saturated rings. The van der Waals surface area contributed by atoms with E-state index in [1.807, 2.05) is 22.7 Å². The number of aryl methyl sites for hydroxylation is 1. The van der Waals surface area contributed by atoms with Gasteiger partial charge in [0, 0.05) is 32.0 Å². The van der Waals surface area contributed by atoms with Crippen molar-refractivity contribution in [2.24, 2.45) is 13.0 Å². The zero-order valence-corrected chi connectivity index (χ0v) is 14.1. The van der Waals surface area contributed by atoms with Crippen LogP contribution in [0.4, 0.5) is 4.79 Å². The maximum atomic E-state index is 12.5. The second-order valence-electron chi connectivity index (χ2n) is 7.29. The first-order chi connectivity index (χ1) is 11.6. The summed E-state index contributed by atoms with van der Waals surface area (Å²) in [6, 6.07) is -0.320. The Hall–Kier alpha value is -2.05. The molecule has 3 aliphatic rings. The van der Waals surface area contributed by atoms with Crippen LogP contribution in [0.1, 0.15) is 50.4 Å². The molecule has 4 rings (SSSR count). The van der Waals surface area contributed by atoms with Gasteiger partial charge in [0.05, 0.1) is 6.04 Å². The van der Waals surface area contributed by atoms with Gasteiger partial charge in [-0.1, -0.05) is 0 Å². The molecule has 2 unspecified atom stereocenters. The van der Waals surface area contributed by atoms with E-state index in [-0.39, 0.29) is 24.0 Å². The van der Waals surface area contributed by atoms with Crippen molar-refractivity contribution in [3.8, 4) is 0 Å². The van der Waals surface area contributed by atoms with Crippen LogP contribution in [0.5, 0.6) is 0 Å². The highest BCUT2D eigenvalue weighted by Crippen LogP contribution is 2.40. The predicted molar refractivity (Wildman–Crippen MR) is 88.1 cm³/mol. The van der Waals surface area contributed by atoms with Crippen molar-refractivity contribution in [1.82, 2.24) is 25.1 Å². The first kappa shape index (κ1) is 15.5. The van der Waals surface area contributed by atoms with Gasteiger partial charge in [-0.25, -0.2) is 9.78 Å². The van der Waals surface area contributed by atoms with Gasteiger partial charge in [-0.3, -0.25) is 4.79 Å². The van der Waals surface area contributed by atoms with E-state index in [2.05, 4.69) is 15.6 Å². The first-order valence-electron chi connectivity index (χ1n) is 8.98. The molecule has 24 heavy (non-hydrogen) atoms. The summed E-state index contributed by atoms with van der Waals surface area (Å²) in [7, 11) is 1.94. The minimum Gasteiger partial charge on any atom is -0.338 e. The quantitative estimate of drug-likeness (QED) is 0.854. The van der Waals surface area contributed by atoms with Crippen LogP contribution in [0.15, 0.2) is 12.4 Å². The van der Waals surface area contributed by atoms with Crippen molar-refractivity contribution < 1.29 is 9.59 Å². The molecule has 1 aliphatic heterocycles. The van der Waals surface area contributed by atoms with Gasteiger partial charge in [0.25, 0.3) is 0 Å². The Labute approximate surface area is 141 Å². The molecule has 2 heterocycles. The summed E-state index contributed by atoms with van der Waals surface area (Å²) in [5.41, 5.74) is 0. The Kier molecular flexibility index (Phi) is 3.94. The van der Waals surface area contributed by atoms with E-state index in [4.69, 9.17) is 0 Å². The van der Waals surface area contributed by atoms with Gasteiger partial charge in [-0.2, -0.15) is 0 Å². The summed E-state index contributed by atoms with van der Waals surface area (Å²) >= 11 is 0. The van der Waals surface area contributed by atoms with Crippen LogP contribution >= 0.6 is 0 Å². The van der Waals surface area contributed by atoms with Gasteiger partial charge in [0.1, 0.15) is 11.9 Å². The Morgan fingerprint density at radius 2 is 2.08 bits per heavy atom. The lowest BCUT2D eigenvalue weighted by molar-refractivity contribution is -0.132. The molecule has 2 aliphatic carbocycles. The molecule has 1 aromatic heterocycles. The van der Waals surface area contributed by atoms with Crippen LogP contribution in [-0.4, -0.2) is 45.0 Å². The topological polar surface area (TPSA) is 79.3 Å². The molecule has 0 aromatic carbocycles. The van der Waals surface area contributed by atoms with Crippen molar-refractivity contribution in [3.63, 3.8) is 0 Å². The van der Waals surface area contributed by atoms with E-state index >= 15 is 0 Å². The standard InChI is InChI=1S/C17H25N5O2/c1-21-10-8-18-15(21)14(11-5-6-11)20-17(24)19-13-7-9-22(16(13)23)12-3-2-4-12/h8,10-14H,2-7,9H2,1H3,(H2,19,20,24). The molecule has 2 atom stereocenters. The average molecular weight is 331 g/mol. The molecule has 0 radical (unpaired) electrons. The van der Waals surface area contributed by atoms with E-state index in [1.165, 1.54) is 6.42 Å². The number of hydrogen-bond acceptors (Lipinski definition) is 3. The lowest BCUT2D eigenvalue weighted by Gasteiger charge is -2.34. The zero-order chi connectivity index (χ0) is 16.7. The minimum atomic E-state index is -0.383. The number of aromatic nitrogens is 2. The third-order valence-corrected chi connectivity index (χ3v) is 5.58. The average Bonchev–Trinajstić information content (AvgIpc) is 3.18. The predicted octanol–water partition coefficient (Wildman–Crippen LogP) is 1.32. The van der Waals surface area contributed by atoms with Crippen LogP contribution in [0.2, 0.25) is 0 Å². The highest BCUT2D eigenvalue weighted by atomic mass is 16.2. The molecule has 3 amide bonds.